The second kappa shape index (κ2) is 8.08. The molecule has 0 spiro atoms. The first-order valence-corrected chi connectivity index (χ1v) is 9.28. The Bertz CT molecular complexity index is 958. The molecule has 0 bridgehead atoms. The first kappa shape index (κ1) is 18.7. The predicted octanol–water partition coefficient (Wildman–Crippen LogP) is 6.33. The lowest BCUT2D eigenvalue weighted by atomic mass is 10.2. The van der Waals surface area contributed by atoms with Crippen LogP contribution in [0, 0.1) is 12.7 Å². The molecule has 7 heteroatoms. The van der Waals surface area contributed by atoms with E-state index in [2.05, 4.69) is 5.32 Å². The molecule has 1 amide bonds. The van der Waals surface area contributed by atoms with Gasteiger partial charge in [-0.15, -0.1) is 11.3 Å². The topological polar surface area (TPSA) is 38.3 Å². The zero-order valence-electron chi connectivity index (χ0n) is 13.7. The van der Waals surface area contributed by atoms with Gasteiger partial charge in [-0.2, -0.15) is 0 Å². The number of hydrogen-bond acceptors (Lipinski definition) is 3. The maximum absolute atomic E-state index is 13.2. The monoisotopic (exact) mass is 409 g/mol. The Morgan fingerprint density at radius 1 is 1.15 bits per heavy atom. The van der Waals surface area contributed by atoms with Gasteiger partial charge in [0.1, 0.15) is 18.2 Å². The van der Waals surface area contributed by atoms with Crippen LogP contribution >= 0.6 is 34.5 Å². The van der Waals surface area contributed by atoms with Crippen molar-refractivity contribution in [3.05, 3.63) is 79.7 Å². The van der Waals surface area contributed by atoms with E-state index >= 15 is 0 Å². The third-order valence-corrected chi connectivity index (χ3v) is 5.12. The highest BCUT2D eigenvalue weighted by atomic mass is 35.5. The average molecular weight is 410 g/mol. The van der Waals surface area contributed by atoms with E-state index in [1.54, 1.807) is 12.1 Å². The van der Waals surface area contributed by atoms with Gasteiger partial charge in [0.25, 0.3) is 5.91 Å². The van der Waals surface area contributed by atoms with E-state index in [9.17, 15) is 9.18 Å². The number of thiophene rings is 1. The molecule has 1 heterocycles. The Labute approximate surface area is 164 Å². The Morgan fingerprint density at radius 3 is 2.73 bits per heavy atom. The van der Waals surface area contributed by atoms with Gasteiger partial charge in [-0.1, -0.05) is 29.3 Å². The van der Waals surface area contributed by atoms with Crippen LogP contribution < -0.4 is 10.1 Å². The van der Waals surface area contributed by atoms with Crippen molar-refractivity contribution >= 4 is 46.1 Å². The Hall–Kier alpha value is -2.08. The van der Waals surface area contributed by atoms with Crippen molar-refractivity contribution in [1.29, 1.82) is 0 Å². The SMILES string of the molecule is Cc1ccc(Cl)c(OCc2csc(C(=O)Nc3ccc(F)c(Cl)c3)c2)c1. The molecule has 26 heavy (non-hydrogen) atoms. The van der Waals surface area contributed by atoms with Crippen molar-refractivity contribution in [3.8, 4) is 5.75 Å². The van der Waals surface area contributed by atoms with E-state index in [4.69, 9.17) is 27.9 Å². The number of amides is 1. The molecule has 2 aromatic carbocycles. The summed E-state index contributed by atoms with van der Waals surface area (Å²) in [6.45, 7) is 2.26. The first-order valence-electron chi connectivity index (χ1n) is 7.65. The van der Waals surface area contributed by atoms with Gasteiger partial charge in [0, 0.05) is 11.3 Å². The Kier molecular flexibility index (Phi) is 5.81. The van der Waals surface area contributed by atoms with E-state index in [0.29, 0.717) is 27.9 Å². The van der Waals surface area contributed by atoms with Crippen molar-refractivity contribution in [2.24, 2.45) is 0 Å². The Balaban J connectivity index is 1.64. The zero-order valence-corrected chi connectivity index (χ0v) is 16.0. The highest BCUT2D eigenvalue weighted by molar-refractivity contribution is 7.12. The summed E-state index contributed by atoms with van der Waals surface area (Å²) in [6, 6.07) is 11.3. The smallest absolute Gasteiger partial charge is 0.265 e. The number of carbonyl (C=O) groups is 1. The van der Waals surface area contributed by atoms with Crippen LogP contribution in [-0.4, -0.2) is 5.91 Å². The fourth-order valence-corrected chi connectivity index (χ4v) is 3.36. The van der Waals surface area contributed by atoms with Crippen molar-refractivity contribution < 1.29 is 13.9 Å². The van der Waals surface area contributed by atoms with E-state index in [1.807, 2.05) is 24.4 Å². The number of aryl methyl sites for hydroxylation is 1. The molecule has 0 saturated heterocycles. The van der Waals surface area contributed by atoms with E-state index in [1.165, 1.54) is 29.5 Å². The van der Waals surface area contributed by atoms with Gasteiger partial charge in [0.15, 0.2) is 0 Å². The minimum Gasteiger partial charge on any atom is -0.487 e. The summed E-state index contributed by atoms with van der Waals surface area (Å²) in [4.78, 5) is 12.8. The summed E-state index contributed by atoms with van der Waals surface area (Å²) >= 11 is 13.1. The highest BCUT2D eigenvalue weighted by Gasteiger charge is 2.11. The standard InChI is InChI=1S/C19H14Cl2FNO2S/c1-11-2-4-14(20)17(6-11)25-9-12-7-18(26-10-12)19(24)23-13-3-5-16(22)15(21)8-13/h2-8,10H,9H2,1H3,(H,23,24). The molecule has 3 nitrogen and oxygen atoms in total. The van der Waals surface area contributed by atoms with Crippen LogP contribution in [0.25, 0.3) is 0 Å². The van der Waals surface area contributed by atoms with Gasteiger partial charge in [-0.05, 0) is 54.3 Å². The highest BCUT2D eigenvalue weighted by Crippen LogP contribution is 2.27. The minimum atomic E-state index is -0.532. The quantitative estimate of drug-likeness (QED) is 0.534. The summed E-state index contributed by atoms with van der Waals surface area (Å²) < 4.78 is 18.9. The van der Waals surface area contributed by atoms with Crippen molar-refractivity contribution in [3.63, 3.8) is 0 Å². The number of rotatable bonds is 5. The second-order valence-electron chi connectivity index (χ2n) is 5.62. The van der Waals surface area contributed by atoms with Crippen LogP contribution in [0.5, 0.6) is 5.75 Å². The van der Waals surface area contributed by atoms with E-state index in [-0.39, 0.29) is 10.9 Å². The average Bonchev–Trinajstić information content (AvgIpc) is 3.08. The number of carbonyl (C=O) groups excluding carboxylic acids is 1. The normalized spacial score (nSPS) is 10.6. The van der Waals surface area contributed by atoms with Crippen LogP contribution in [0.15, 0.2) is 47.8 Å². The molecule has 0 fully saturated rings. The number of benzene rings is 2. The minimum absolute atomic E-state index is 0.0434. The molecule has 3 rings (SSSR count). The van der Waals surface area contributed by atoms with Crippen LogP contribution in [0.4, 0.5) is 10.1 Å². The summed E-state index contributed by atoms with van der Waals surface area (Å²) in [5.41, 5.74) is 2.33. The van der Waals surface area contributed by atoms with E-state index < -0.39 is 5.82 Å². The molecule has 0 atom stereocenters. The largest absolute Gasteiger partial charge is 0.487 e. The summed E-state index contributed by atoms with van der Waals surface area (Å²) in [7, 11) is 0. The van der Waals surface area contributed by atoms with Gasteiger partial charge in [-0.3, -0.25) is 4.79 Å². The van der Waals surface area contributed by atoms with Gasteiger partial charge in [-0.25, -0.2) is 4.39 Å². The molecular formula is C19H14Cl2FNO2S. The number of nitrogens with one attached hydrogen (secondary N) is 1. The lowest BCUT2D eigenvalue weighted by Gasteiger charge is -2.07. The summed E-state index contributed by atoms with van der Waals surface area (Å²) in [5.74, 6) is -0.225. The van der Waals surface area contributed by atoms with Crippen molar-refractivity contribution in [1.82, 2.24) is 0 Å². The van der Waals surface area contributed by atoms with Crippen LogP contribution in [0.2, 0.25) is 10.0 Å². The third-order valence-electron chi connectivity index (χ3n) is 3.54. The van der Waals surface area contributed by atoms with Crippen LogP contribution in [0.1, 0.15) is 20.8 Å². The van der Waals surface area contributed by atoms with Crippen molar-refractivity contribution in [2.45, 2.75) is 13.5 Å². The van der Waals surface area contributed by atoms with Gasteiger partial charge < -0.3 is 10.1 Å². The molecule has 0 saturated carbocycles. The van der Waals surface area contributed by atoms with E-state index in [0.717, 1.165) is 11.1 Å². The molecular weight excluding hydrogens is 396 g/mol. The molecule has 0 radical (unpaired) electrons. The third kappa shape index (κ3) is 4.55. The molecule has 134 valence electrons. The zero-order chi connectivity index (χ0) is 18.7. The number of halogens is 3. The fraction of sp³-hybridized carbons (Fsp3) is 0.105. The molecule has 0 unspecified atom stereocenters. The van der Waals surface area contributed by atoms with Crippen molar-refractivity contribution in [2.75, 3.05) is 5.32 Å². The van der Waals surface area contributed by atoms with Gasteiger partial charge in [0.2, 0.25) is 0 Å². The number of ether oxygens (including phenoxy) is 1. The van der Waals surface area contributed by atoms with Crippen LogP contribution in [0.3, 0.4) is 0 Å². The lowest BCUT2D eigenvalue weighted by Crippen LogP contribution is -2.10. The lowest BCUT2D eigenvalue weighted by molar-refractivity contribution is 0.103. The second-order valence-corrected chi connectivity index (χ2v) is 7.35. The maximum atomic E-state index is 13.2. The molecule has 0 aliphatic heterocycles. The molecule has 1 N–H and O–H groups in total. The predicted molar refractivity (Wildman–Crippen MR) is 104 cm³/mol. The molecule has 0 aliphatic rings. The summed E-state index contributed by atoms with van der Waals surface area (Å²) in [5, 5.41) is 5.03. The Morgan fingerprint density at radius 2 is 1.96 bits per heavy atom. The molecule has 1 aromatic heterocycles. The number of hydrogen-bond donors (Lipinski definition) is 1. The molecule has 0 aliphatic carbocycles. The van der Waals surface area contributed by atoms with Crippen LogP contribution in [-0.2, 0) is 6.61 Å². The number of anilines is 1. The summed E-state index contributed by atoms with van der Waals surface area (Å²) in [6.07, 6.45) is 0. The molecule has 3 aromatic rings. The van der Waals surface area contributed by atoms with Gasteiger partial charge in [0.05, 0.1) is 14.9 Å². The first-order chi connectivity index (χ1) is 12.4. The fourth-order valence-electron chi connectivity index (χ4n) is 2.22. The van der Waals surface area contributed by atoms with Gasteiger partial charge >= 0.3 is 0 Å². The maximum Gasteiger partial charge on any atom is 0.265 e.